The van der Waals surface area contributed by atoms with E-state index in [9.17, 15) is 0 Å². The van der Waals surface area contributed by atoms with E-state index in [-0.39, 0.29) is 0 Å². The van der Waals surface area contributed by atoms with Crippen LogP contribution in [0.2, 0.25) is 0 Å². The van der Waals surface area contributed by atoms with E-state index in [2.05, 4.69) is 70.6 Å². The van der Waals surface area contributed by atoms with Crippen molar-refractivity contribution < 1.29 is 13.3 Å². The molecule has 51 heavy (non-hydrogen) atoms. The molecule has 0 radical (unpaired) electrons. The zero-order chi connectivity index (χ0) is 33.5. The summed E-state index contributed by atoms with van der Waals surface area (Å²) in [5.74, 6) is 0. The molecular formula is C44H24N4O3. The molecule has 4 aromatic carbocycles. The van der Waals surface area contributed by atoms with Crippen molar-refractivity contribution >= 4 is 66.1 Å². The summed E-state index contributed by atoms with van der Waals surface area (Å²) in [6.07, 6.45) is 10.8. The molecule has 0 N–H and O–H groups in total. The molecule has 0 saturated carbocycles. The molecule has 7 heteroatoms. The van der Waals surface area contributed by atoms with Gasteiger partial charge in [0.15, 0.2) is 11.2 Å². The van der Waals surface area contributed by atoms with Crippen LogP contribution in [0, 0.1) is 0 Å². The highest BCUT2D eigenvalue weighted by molar-refractivity contribution is 6.11. The zero-order valence-electron chi connectivity index (χ0n) is 26.9. The van der Waals surface area contributed by atoms with Gasteiger partial charge >= 0.3 is 0 Å². The third kappa shape index (κ3) is 4.31. The molecule has 0 amide bonds. The molecule has 0 unspecified atom stereocenters. The van der Waals surface area contributed by atoms with Crippen molar-refractivity contribution in [3.8, 4) is 44.5 Å². The second-order valence-electron chi connectivity index (χ2n) is 12.7. The first-order valence-corrected chi connectivity index (χ1v) is 16.7. The predicted molar refractivity (Wildman–Crippen MR) is 201 cm³/mol. The zero-order valence-corrected chi connectivity index (χ0v) is 26.9. The molecule has 7 aromatic heterocycles. The van der Waals surface area contributed by atoms with Crippen LogP contribution in [0.25, 0.3) is 111 Å². The van der Waals surface area contributed by atoms with E-state index in [1.807, 2.05) is 60.9 Å². The molecule has 11 aromatic rings. The number of benzene rings is 4. The minimum absolute atomic E-state index is 0.769. The Morgan fingerprint density at radius 1 is 0.314 bits per heavy atom. The van der Waals surface area contributed by atoms with E-state index in [1.165, 1.54) is 0 Å². The van der Waals surface area contributed by atoms with E-state index in [0.717, 1.165) is 111 Å². The van der Waals surface area contributed by atoms with E-state index in [1.54, 1.807) is 24.8 Å². The Kier molecular flexibility index (Phi) is 5.83. The Morgan fingerprint density at radius 2 is 0.745 bits per heavy atom. The third-order valence-corrected chi connectivity index (χ3v) is 9.83. The number of nitrogens with zero attached hydrogens (tertiary/aromatic N) is 4. The van der Waals surface area contributed by atoms with Crippen molar-refractivity contribution in [1.29, 1.82) is 0 Å². The van der Waals surface area contributed by atoms with Crippen molar-refractivity contribution in [1.82, 2.24) is 19.9 Å². The first kappa shape index (κ1) is 27.8. The summed E-state index contributed by atoms with van der Waals surface area (Å²) in [6, 6.07) is 37.2. The molecule has 0 saturated heterocycles. The maximum absolute atomic E-state index is 6.52. The van der Waals surface area contributed by atoms with Gasteiger partial charge in [0.1, 0.15) is 33.4 Å². The summed E-state index contributed by atoms with van der Waals surface area (Å²) in [6.45, 7) is 0. The van der Waals surface area contributed by atoms with Gasteiger partial charge in [-0.05, 0) is 118 Å². The molecule has 0 aliphatic rings. The topological polar surface area (TPSA) is 91.0 Å². The number of fused-ring (bicyclic) bond motifs is 9. The van der Waals surface area contributed by atoms with Crippen LogP contribution in [-0.4, -0.2) is 19.9 Å². The standard InChI is InChI=1S/C44H24N4O3/c1-5-33-34-6-2-30(28-4-8-38-36(22-28)42-44(51-38)32(14-20-48-42)26-11-17-46-18-12-26)24-40(34)49-39(33)23-29(1)27-3-7-37-35(21-27)41-43(50-37)31(13-19-47-41)25-9-15-45-16-10-25/h1-24H. The summed E-state index contributed by atoms with van der Waals surface area (Å²) >= 11 is 0. The SMILES string of the molecule is c1cc(-c2ccnc3c2oc2ccc(-c4ccc5c(c4)oc4cc(-c6ccc7oc8c(-c9ccncc9)ccnc8c7c6)ccc45)cc23)ccn1. The number of aromatic nitrogens is 4. The Balaban J connectivity index is 0.974. The van der Waals surface area contributed by atoms with Gasteiger partial charge in [-0.15, -0.1) is 0 Å². The van der Waals surface area contributed by atoms with Crippen molar-refractivity contribution in [2.75, 3.05) is 0 Å². The number of hydrogen-bond acceptors (Lipinski definition) is 7. The van der Waals surface area contributed by atoms with Gasteiger partial charge in [0.25, 0.3) is 0 Å². The van der Waals surface area contributed by atoms with E-state index < -0.39 is 0 Å². The lowest BCUT2D eigenvalue weighted by Gasteiger charge is -2.02. The van der Waals surface area contributed by atoms with Gasteiger partial charge in [0.2, 0.25) is 0 Å². The van der Waals surface area contributed by atoms with Gasteiger partial charge in [0, 0.05) is 69.9 Å². The molecule has 11 rings (SSSR count). The summed E-state index contributed by atoms with van der Waals surface area (Å²) in [5.41, 5.74) is 14.8. The Morgan fingerprint density at radius 3 is 1.22 bits per heavy atom. The molecule has 238 valence electrons. The summed E-state index contributed by atoms with van der Waals surface area (Å²) in [7, 11) is 0. The average Bonchev–Trinajstić information content (AvgIpc) is 3.88. The average molecular weight is 657 g/mol. The number of rotatable bonds is 4. The fourth-order valence-electron chi connectivity index (χ4n) is 7.33. The third-order valence-electron chi connectivity index (χ3n) is 9.83. The van der Waals surface area contributed by atoms with Gasteiger partial charge < -0.3 is 13.3 Å². The summed E-state index contributed by atoms with van der Waals surface area (Å²) in [5, 5.41) is 4.09. The smallest absolute Gasteiger partial charge is 0.161 e. The van der Waals surface area contributed by atoms with Crippen molar-refractivity contribution in [2.24, 2.45) is 0 Å². The van der Waals surface area contributed by atoms with Gasteiger partial charge in [0.05, 0.1) is 0 Å². The maximum atomic E-state index is 6.52. The largest absolute Gasteiger partial charge is 0.456 e. The lowest BCUT2D eigenvalue weighted by Crippen LogP contribution is -1.82. The van der Waals surface area contributed by atoms with Crippen LogP contribution in [0.1, 0.15) is 0 Å². The minimum Gasteiger partial charge on any atom is -0.456 e. The highest BCUT2D eigenvalue weighted by atomic mass is 16.3. The van der Waals surface area contributed by atoms with E-state index in [0.29, 0.717) is 0 Å². The van der Waals surface area contributed by atoms with Crippen LogP contribution >= 0.6 is 0 Å². The Labute approximate surface area is 289 Å². The maximum Gasteiger partial charge on any atom is 0.161 e. The predicted octanol–water partition coefficient (Wildman–Crippen LogP) is 11.6. The normalized spacial score (nSPS) is 11.9. The molecular weight excluding hydrogens is 633 g/mol. The van der Waals surface area contributed by atoms with Gasteiger partial charge in [-0.25, -0.2) is 0 Å². The molecule has 0 aliphatic carbocycles. The van der Waals surface area contributed by atoms with Crippen LogP contribution in [0.4, 0.5) is 0 Å². The summed E-state index contributed by atoms with van der Waals surface area (Å²) < 4.78 is 19.2. The fraction of sp³-hybridized carbons (Fsp3) is 0. The number of hydrogen-bond donors (Lipinski definition) is 0. The summed E-state index contributed by atoms with van der Waals surface area (Å²) in [4.78, 5) is 17.7. The number of furan rings is 3. The van der Waals surface area contributed by atoms with E-state index >= 15 is 0 Å². The van der Waals surface area contributed by atoms with Crippen molar-refractivity contribution in [2.45, 2.75) is 0 Å². The second kappa shape index (κ2) is 10.7. The minimum atomic E-state index is 0.769. The quantitative estimate of drug-likeness (QED) is 0.186. The first-order valence-electron chi connectivity index (χ1n) is 16.7. The molecule has 7 heterocycles. The van der Waals surface area contributed by atoms with Gasteiger partial charge in [-0.2, -0.15) is 0 Å². The van der Waals surface area contributed by atoms with Crippen LogP contribution in [0.15, 0.2) is 160 Å². The number of pyridine rings is 4. The van der Waals surface area contributed by atoms with E-state index in [4.69, 9.17) is 23.2 Å². The molecule has 0 spiro atoms. The molecule has 0 fully saturated rings. The van der Waals surface area contributed by atoms with Crippen molar-refractivity contribution in [3.05, 3.63) is 146 Å². The fourth-order valence-corrected chi connectivity index (χ4v) is 7.33. The molecule has 0 bridgehead atoms. The lowest BCUT2D eigenvalue weighted by atomic mass is 10.00. The lowest BCUT2D eigenvalue weighted by molar-refractivity contribution is 0.669. The first-order chi connectivity index (χ1) is 25.2. The van der Waals surface area contributed by atoms with Gasteiger partial charge in [-0.1, -0.05) is 24.3 Å². The molecule has 0 aliphatic heterocycles. The van der Waals surface area contributed by atoms with Crippen LogP contribution in [0.3, 0.4) is 0 Å². The van der Waals surface area contributed by atoms with Crippen molar-refractivity contribution in [3.63, 3.8) is 0 Å². The molecule has 7 nitrogen and oxygen atoms in total. The Bertz CT molecular complexity index is 2930. The highest BCUT2D eigenvalue weighted by Gasteiger charge is 2.17. The highest BCUT2D eigenvalue weighted by Crippen LogP contribution is 2.40. The van der Waals surface area contributed by atoms with Crippen LogP contribution in [0.5, 0.6) is 0 Å². The second-order valence-corrected chi connectivity index (χ2v) is 12.7. The monoisotopic (exact) mass is 656 g/mol. The van der Waals surface area contributed by atoms with Crippen LogP contribution in [-0.2, 0) is 0 Å². The van der Waals surface area contributed by atoms with Crippen LogP contribution < -0.4 is 0 Å². The Hall–Kier alpha value is -7.12. The van der Waals surface area contributed by atoms with Gasteiger partial charge in [-0.3, -0.25) is 19.9 Å². The molecule has 0 atom stereocenters.